The number of piperidine rings is 1. The second-order valence-electron chi connectivity index (χ2n) is 7.12. The molecule has 0 radical (unpaired) electrons. The molecule has 3 heterocycles. The van der Waals surface area contributed by atoms with Crippen molar-refractivity contribution in [3.8, 4) is 11.3 Å². The molecule has 2 aliphatic heterocycles. The normalized spacial score (nSPS) is 21.8. The van der Waals surface area contributed by atoms with Crippen LogP contribution in [0.2, 0.25) is 0 Å². The van der Waals surface area contributed by atoms with E-state index in [1.165, 1.54) is 25.8 Å². The molecule has 0 unspecified atom stereocenters. The summed E-state index contributed by atoms with van der Waals surface area (Å²) in [4.78, 5) is 16.9. The van der Waals surface area contributed by atoms with Crippen LogP contribution in [0.25, 0.3) is 11.3 Å². The van der Waals surface area contributed by atoms with Gasteiger partial charge in [0.1, 0.15) is 0 Å². The molecule has 1 atom stereocenters. The summed E-state index contributed by atoms with van der Waals surface area (Å²) in [5.41, 5.74) is 2.85. The summed E-state index contributed by atoms with van der Waals surface area (Å²) < 4.78 is 0. The molecule has 2 aromatic rings. The van der Waals surface area contributed by atoms with E-state index in [9.17, 15) is 4.79 Å². The highest BCUT2D eigenvalue weighted by molar-refractivity contribution is 5.90. The van der Waals surface area contributed by atoms with Crippen molar-refractivity contribution in [3.05, 3.63) is 36.5 Å². The molecule has 2 saturated heterocycles. The van der Waals surface area contributed by atoms with Crippen molar-refractivity contribution >= 4 is 11.7 Å². The molecule has 2 aliphatic rings. The van der Waals surface area contributed by atoms with E-state index in [4.69, 9.17) is 0 Å². The number of H-pyrrole nitrogens is 1. The van der Waals surface area contributed by atoms with Gasteiger partial charge in [-0.05, 0) is 50.1 Å². The van der Waals surface area contributed by atoms with Crippen molar-refractivity contribution in [1.29, 1.82) is 0 Å². The zero-order valence-electron chi connectivity index (χ0n) is 14.6. The van der Waals surface area contributed by atoms with E-state index in [1.54, 1.807) is 6.20 Å². The van der Waals surface area contributed by atoms with Gasteiger partial charge in [-0.25, -0.2) is 4.79 Å². The quantitative estimate of drug-likeness (QED) is 0.903. The largest absolute Gasteiger partial charge is 0.321 e. The second kappa shape index (κ2) is 6.88. The highest BCUT2D eigenvalue weighted by atomic mass is 16.2. The summed E-state index contributed by atoms with van der Waals surface area (Å²) in [7, 11) is 0. The van der Waals surface area contributed by atoms with Gasteiger partial charge in [-0.1, -0.05) is 18.6 Å². The van der Waals surface area contributed by atoms with E-state index in [-0.39, 0.29) is 6.03 Å². The predicted molar refractivity (Wildman–Crippen MR) is 98.4 cm³/mol. The van der Waals surface area contributed by atoms with Gasteiger partial charge in [0.25, 0.3) is 0 Å². The molecule has 1 aromatic carbocycles. The average molecular weight is 339 g/mol. The van der Waals surface area contributed by atoms with Crippen molar-refractivity contribution in [2.75, 3.05) is 25.0 Å². The first-order valence-corrected chi connectivity index (χ1v) is 9.12. The summed E-state index contributed by atoms with van der Waals surface area (Å²) >= 11 is 0. The van der Waals surface area contributed by atoms with Gasteiger partial charge in [0, 0.05) is 37.1 Å². The Morgan fingerprint density at radius 2 is 2.00 bits per heavy atom. The van der Waals surface area contributed by atoms with Crippen LogP contribution in [0.4, 0.5) is 10.5 Å². The van der Waals surface area contributed by atoms with Crippen LogP contribution in [-0.4, -0.2) is 57.7 Å². The van der Waals surface area contributed by atoms with Crippen LogP contribution >= 0.6 is 0 Å². The van der Waals surface area contributed by atoms with Gasteiger partial charge in [0.15, 0.2) is 0 Å². The monoisotopic (exact) mass is 339 g/mol. The Morgan fingerprint density at radius 1 is 1.20 bits per heavy atom. The molecule has 6 nitrogen and oxygen atoms in total. The Morgan fingerprint density at radius 3 is 2.68 bits per heavy atom. The average Bonchev–Trinajstić information content (AvgIpc) is 3.10. The van der Waals surface area contributed by atoms with Gasteiger partial charge < -0.3 is 10.2 Å². The van der Waals surface area contributed by atoms with Gasteiger partial charge in [-0.15, -0.1) is 0 Å². The minimum atomic E-state index is -0.00444. The maximum absolute atomic E-state index is 12.4. The molecule has 132 valence electrons. The van der Waals surface area contributed by atoms with Crippen molar-refractivity contribution in [2.45, 2.75) is 38.3 Å². The Balaban J connectivity index is 1.30. The maximum atomic E-state index is 12.4. The predicted octanol–water partition coefficient (Wildman–Crippen LogP) is 3.17. The number of anilines is 1. The number of carbonyl (C=O) groups is 1. The van der Waals surface area contributed by atoms with Crippen molar-refractivity contribution in [1.82, 2.24) is 20.0 Å². The van der Waals surface area contributed by atoms with Crippen LogP contribution in [-0.2, 0) is 0 Å². The standard InChI is InChI=1S/C19H25N5O/c1-14-4-2-3-11-24(14)17-12-23(13-17)19(25)21-16-7-5-15(6-8-16)18-9-10-20-22-18/h5-10,14,17H,2-4,11-13H2,1H3,(H,20,22)(H,21,25)/t14-/m1/s1. The van der Waals surface area contributed by atoms with Gasteiger partial charge in [0.2, 0.25) is 0 Å². The topological polar surface area (TPSA) is 64.3 Å². The minimum absolute atomic E-state index is 0.00444. The molecule has 0 bridgehead atoms. The SMILES string of the molecule is C[C@@H]1CCCCN1C1CN(C(=O)Nc2ccc(-c3ccn[nH]3)cc2)C1. The zero-order chi connectivity index (χ0) is 17.2. The van der Waals surface area contributed by atoms with Gasteiger partial charge in [-0.2, -0.15) is 5.10 Å². The fourth-order valence-electron chi connectivity index (χ4n) is 3.85. The van der Waals surface area contributed by atoms with E-state index in [2.05, 4.69) is 27.3 Å². The third kappa shape index (κ3) is 3.39. The maximum Gasteiger partial charge on any atom is 0.321 e. The number of hydrogen-bond acceptors (Lipinski definition) is 3. The third-order valence-electron chi connectivity index (χ3n) is 5.42. The smallest absolute Gasteiger partial charge is 0.321 e. The molecular weight excluding hydrogens is 314 g/mol. The summed E-state index contributed by atoms with van der Waals surface area (Å²) in [6, 6.07) is 10.9. The third-order valence-corrected chi connectivity index (χ3v) is 5.42. The number of aromatic amines is 1. The highest BCUT2D eigenvalue weighted by Gasteiger charge is 2.37. The second-order valence-corrected chi connectivity index (χ2v) is 7.12. The van der Waals surface area contributed by atoms with Crippen molar-refractivity contribution < 1.29 is 4.79 Å². The minimum Gasteiger partial charge on any atom is -0.321 e. The van der Waals surface area contributed by atoms with Crippen LogP contribution in [0.15, 0.2) is 36.5 Å². The number of nitrogens with zero attached hydrogens (tertiary/aromatic N) is 3. The molecule has 1 aromatic heterocycles. The summed E-state index contributed by atoms with van der Waals surface area (Å²) in [5, 5.41) is 9.89. The number of nitrogens with one attached hydrogen (secondary N) is 2. The number of rotatable bonds is 3. The van der Waals surface area contributed by atoms with Crippen LogP contribution in [0.3, 0.4) is 0 Å². The molecule has 25 heavy (non-hydrogen) atoms. The molecule has 0 aliphatic carbocycles. The Labute approximate surface area is 148 Å². The first kappa shape index (κ1) is 16.1. The number of urea groups is 1. The van der Waals surface area contributed by atoms with E-state index in [0.717, 1.165) is 30.0 Å². The van der Waals surface area contributed by atoms with E-state index in [0.29, 0.717) is 12.1 Å². The highest BCUT2D eigenvalue weighted by Crippen LogP contribution is 2.25. The van der Waals surface area contributed by atoms with E-state index < -0.39 is 0 Å². The number of likely N-dealkylation sites (tertiary alicyclic amines) is 2. The molecule has 6 heteroatoms. The molecule has 2 fully saturated rings. The summed E-state index contributed by atoms with van der Waals surface area (Å²) in [6.45, 7) is 5.16. The van der Waals surface area contributed by atoms with Crippen molar-refractivity contribution in [3.63, 3.8) is 0 Å². The fourth-order valence-corrected chi connectivity index (χ4v) is 3.85. The number of hydrogen-bond donors (Lipinski definition) is 2. The van der Waals surface area contributed by atoms with Crippen LogP contribution in [0, 0.1) is 0 Å². The Bertz CT molecular complexity index is 706. The number of amides is 2. The van der Waals surface area contributed by atoms with Crippen LogP contribution in [0.5, 0.6) is 0 Å². The first-order valence-electron chi connectivity index (χ1n) is 9.12. The number of carbonyl (C=O) groups excluding carboxylic acids is 1. The Hall–Kier alpha value is -2.34. The lowest BCUT2D eigenvalue weighted by atomic mass is 9.98. The molecule has 4 rings (SSSR count). The molecule has 0 spiro atoms. The van der Waals surface area contributed by atoms with Gasteiger partial charge in [-0.3, -0.25) is 10.00 Å². The summed E-state index contributed by atoms with van der Waals surface area (Å²) in [6.07, 6.45) is 5.64. The first-order chi connectivity index (χ1) is 12.2. The summed E-state index contributed by atoms with van der Waals surface area (Å²) in [5.74, 6) is 0. The van der Waals surface area contributed by atoms with E-state index in [1.807, 2.05) is 35.2 Å². The van der Waals surface area contributed by atoms with Gasteiger partial charge >= 0.3 is 6.03 Å². The van der Waals surface area contributed by atoms with Crippen LogP contribution in [0.1, 0.15) is 26.2 Å². The lowest BCUT2D eigenvalue weighted by Crippen LogP contribution is -2.64. The number of aromatic nitrogens is 2. The fraction of sp³-hybridized carbons (Fsp3) is 0.474. The molecular formula is C19H25N5O. The lowest BCUT2D eigenvalue weighted by Gasteiger charge is -2.49. The van der Waals surface area contributed by atoms with Crippen LogP contribution < -0.4 is 5.32 Å². The van der Waals surface area contributed by atoms with E-state index >= 15 is 0 Å². The molecule has 0 saturated carbocycles. The zero-order valence-corrected chi connectivity index (χ0v) is 14.6. The van der Waals surface area contributed by atoms with Gasteiger partial charge in [0.05, 0.1) is 5.69 Å². The lowest BCUT2D eigenvalue weighted by molar-refractivity contribution is 0.0199. The molecule has 2 amide bonds. The van der Waals surface area contributed by atoms with Crippen molar-refractivity contribution in [2.24, 2.45) is 0 Å². The number of benzene rings is 1. The molecule has 2 N–H and O–H groups in total. The Kier molecular flexibility index (Phi) is 4.44.